The quantitative estimate of drug-likeness (QED) is 0.646. The lowest BCUT2D eigenvalue weighted by molar-refractivity contribution is -0.126. The predicted molar refractivity (Wildman–Crippen MR) is 96.2 cm³/mol. The van der Waals surface area contributed by atoms with Crippen LogP contribution in [0.15, 0.2) is 35.3 Å². The topological polar surface area (TPSA) is 88.1 Å². The third-order valence-corrected chi connectivity index (χ3v) is 3.97. The zero-order valence-corrected chi connectivity index (χ0v) is 15.4. The highest BCUT2D eigenvalue weighted by molar-refractivity contribution is 5.86. The Morgan fingerprint density at radius 2 is 2.04 bits per heavy atom. The van der Waals surface area contributed by atoms with E-state index in [1.54, 1.807) is 20.8 Å². The minimum Gasteiger partial charge on any atom is -0.444 e. The van der Waals surface area contributed by atoms with E-state index in [2.05, 4.69) is 10.3 Å². The van der Waals surface area contributed by atoms with Crippen LogP contribution in [0.1, 0.15) is 39.2 Å². The molecule has 1 aliphatic heterocycles. The number of amides is 2. The fourth-order valence-electron chi connectivity index (χ4n) is 2.87. The number of ether oxygens (including phenoxy) is 1. The van der Waals surface area contributed by atoms with Crippen LogP contribution in [0, 0.1) is 0 Å². The molecule has 2 amide bonds. The fraction of sp³-hybridized carbons (Fsp3) is 0.526. The summed E-state index contributed by atoms with van der Waals surface area (Å²) < 4.78 is 5.37. The Morgan fingerprint density at radius 3 is 2.65 bits per heavy atom. The van der Waals surface area contributed by atoms with Gasteiger partial charge in [-0.1, -0.05) is 30.3 Å². The molecule has 26 heavy (non-hydrogen) atoms. The van der Waals surface area contributed by atoms with Crippen LogP contribution in [0.3, 0.4) is 0 Å². The van der Waals surface area contributed by atoms with Crippen LogP contribution < -0.4 is 5.32 Å². The van der Waals surface area contributed by atoms with Crippen molar-refractivity contribution in [2.45, 2.75) is 57.8 Å². The second-order valence-corrected chi connectivity index (χ2v) is 7.27. The molecule has 1 aliphatic rings. The van der Waals surface area contributed by atoms with E-state index in [0.29, 0.717) is 19.4 Å². The maximum Gasteiger partial charge on any atom is 0.410 e. The average Bonchev–Trinajstić information content (AvgIpc) is 3.04. The van der Waals surface area contributed by atoms with Crippen LogP contribution in [0.5, 0.6) is 0 Å². The number of hydrogen-bond donors (Lipinski definition) is 1. The number of carbonyl (C=O) groups is 2. The molecule has 0 bridgehead atoms. The third kappa shape index (κ3) is 5.70. The summed E-state index contributed by atoms with van der Waals surface area (Å²) in [5, 5.41) is 2.74. The molecular formula is C19H25N3O4. The number of carbonyl (C=O) groups excluding carboxylic acids is 3. The monoisotopic (exact) mass is 359 g/mol. The van der Waals surface area contributed by atoms with Crippen LogP contribution >= 0.6 is 0 Å². The molecule has 1 N–H and O–H groups in total. The van der Waals surface area contributed by atoms with E-state index in [1.165, 1.54) is 11.0 Å². The summed E-state index contributed by atoms with van der Waals surface area (Å²) in [7, 11) is 0. The highest BCUT2D eigenvalue weighted by atomic mass is 16.6. The van der Waals surface area contributed by atoms with Crippen molar-refractivity contribution >= 4 is 18.1 Å². The first-order valence-electron chi connectivity index (χ1n) is 8.71. The van der Waals surface area contributed by atoms with Crippen molar-refractivity contribution < 1.29 is 19.1 Å². The Hall–Kier alpha value is -2.66. The van der Waals surface area contributed by atoms with E-state index in [4.69, 9.17) is 4.74 Å². The Balaban J connectivity index is 2.03. The van der Waals surface area contributed by atoms with E-state index in [-0.39, 0.29) is 5.91 Å². The van der Waals surface area contributed by atoms with Crippen molar-refractivity contribution in [3.8, 4) is 0 Å². The summed E-state index contributed by atoms with van der Waals surface area (Å²) in [6.07, 6.45) is 1.92. The average molecular weight is 359 g/mol. The van der Waals surface area contributed by atoms with Gasteiger partial charge in [0.2, 0.25) is 12.0 Å². The van der Waals surface area contributed by atoms with Gasteiger partial charge in [-0.2, -0.15) is 4.99 Å². The number of benzene rings is 1. The Morgan fingerprint density at radius 1 is 1.35 bits per heavy atom. The predicted octanol–water partition coefficient (Wildman–Crippen LogP) is 2.41. The van der Waals surface area contributed by atoms with Gasteiger partial charge in [-0.3, -0.25) is 9.69 Å². The van der Waals surface area contributed by atoms with E-state index in [9.17, 15) is 14.4 Å². The highest BCUT2D eigenvalue weighted by Gasteiger charge is 2.37. The molecule has 1 saturated heterocycles. The van der Waals surface area contributed by atoms with Crippen molar-refractivity contribution in [3.05, 3.63) is 35.9 Å². The number of likely N-dealkylation sites (tertiary alicyclic amines) is 1. The zero-order chi connectivity index (χ0) is 19.2. The number of nitrogens with one attached hydrogen (secondary N) is 1. The Bertz CT molecular complexity index is 678. The molecule has 0 spiro atoms. The van der Waals surface area contributed by atoms with Gasteiger partial charge < -0.3 is 10.1 Å². The summed E-state index contributed by atoms with van der Waals surface area (Å²) in [5.41, 5.74) is 0.311. The zero-order valence-electron chi connectivity index (χ0n) is 15.4. The summed E-state index contributed by atoms with van der Waals surface area (Å²) >= 11 is 0. The van der Waals surface area contributed by atoms with Gasteiger partial charge in [0.25, 0.3) is 0 Å². The van der Waals surface area contributed by atoms with Crippen molar-refractivity contribution in [2.24, 2.45) is 4.99 Å². The lowest BCUT2D eigenvalue weighted by Gasteiger charge is -2.28. The van der Waals surface area contributed by atoms with Gasteiger partial charge in [0.1, 0.15) is 17.8 Å². The highest BCUT2D eigenvalue weighted by Crippen LogP contribution is 2.21. The van der Waals surface area contributed by atoms with Gasteiger partial charge in [0, 0.05) is 13.0 Å². The van der Waals surface area contributed by atoms with Crippen LogP contribution in [-0.4, -0.2) is 47.3 Å². The van der Waals surface area contributed by atoms with E-state index >= 15 is 0 Å². The molecule has 1 fully saturated rings. The van der Waals surface area contributed by atoms with E-state index < -0.39 is 23.9 Å². The lowest BCUT2D eigenvalue weighted by atomic mass is 10.1. The number of isocyanates is 1. The van der Waals surface area contributed by atoms with Crippen molar-refractivity contribution in [2.75, 3.05) is 6.54 Å². The molecule has 2 rings (SSSR count). The standard InChI is InChI=1S/C19H25N3O4/c1-19(2,3)26-18(25)22-11-7-10-15(22)17(24)21-16(20-13-23)12-14-8-5-4-6-9-14/h4-6,8-9,15-16H,7,10-12H2,1-3H3,(H,21,24)/t15-,16-/m0/s1. The molecule has 7 nitrogen and oxygen atoms in total. The maximum absolute atomic E-state index is 12.7. The molecule has 0 radical (unpaired) electrons. The largest absolute Gasteiger partial charge is 0.444 e. The first-order chi connectivity index (χ1) is 12.3. The van der Waals surface area contributed by atoms with Gasteiger partial charge in [-0.25, -0.2) is 9.59 Å². The first kappa shape index (κ1) is 19.7. The number of nitrogens with zero attached hydrogens (tertiary/aromatic N) is 2. The van der Waals surface area contributed by atoms with Gasteiger partial charge in [-0.05, 0) is 39.2 Å². The molecule has 0 aromatic heterocycles. The van der Waals surface area contributed by atoms with Crippen molar-refractivity contribution in [3.63, 3.8) is 0 Å². The second kappa shape index (κ2) is 8.63. The minimum atomic E-state index is -0.719. The second-order valence-electron chi connectivity index (χ2n) is 7.27. The van der Waals surface area contributed by atoms with Crippen LogP contribution in [0.4, 0.5) is 4.79 Å². The fourth-order valence-corrected chi connectivity index (χ4v) is 2.87. The van der Waals surface area contributed by atoms with E-state index in [0.717, 1.165) is 12.0 Å². The normalized spacial score (nSPS) is 18.0. The number of rotatable bonds is 5. The number of aliphatic imine (C=N–C) groups is 1. The molecule has 1 heterocycles. The molecule has 0 saturated carbocycles. The van der Waals surface area contributed by atoms with Crippen LogP contribution in [0.2, 0.25) is 0 Å². The van der Waals surface area contributed by atoms with Crippen LogP contribution in [0.25, 0.3) is 0 Å². The molecule has 1 aromatic carbocycles. The van der Waals surface area contributed by atoms with Gasteiger partial charge in [0.15, 0.2) is 0 Å². The summed E-state index contributed by atoms with van der Waals surface area (Å²) in [4.78, 5) is 40.8. The maximum atomic E-state index is 12.7. The Labute approximate surface area is 153 Å². The molecule has 1 aromatic rings. The number of hydrogen-bond acceptors (Lipinski definition) is 5. The molecular weight excluding hydrogens is 334 g/mol. The SMILES string of the molecule is CC(C)(C)OC(=O)N1CCC[C@H]1C(=O)N[C@@H](Cc1ccccc1)N=C=O. The molecule has 7 heteroatoms. The Kier molecular flexibility index (Phi) is 6.52. The lowest BCUT2D eigenvalue weighted by Crippen LogP contribution is -2.50. The van der Waals surface area contributed by atoms with E-state index in [1.807, 2.05) is 30.3 Å². The minimum absolute atomic E-state index is 0.340. The smallest absolute Gasteiger partial charge is 0.410 e. The summed E-state index contributed by atoms with van der Waals surface area (Å²) in [6.45, 7) is 5.81. The van der Waals surface area contributed by atoms with Gasteiger partial charge >= 0.3 is 6.09 Å². The molecule has 2 atom stereocenters. The van der Waals surface area contributed by atoms with Gasteiger partial charge in [0.05, 0.1) is 0 Å². The first-order valence-corrected chi connectivity index (χ1v) is 8.71. The molecule has 0 aliphatic carbocycles. The van der Waals surface area contributed by atoms with Crippen molar-refractivity contribution in [1.29, 1.82) is 0 Å². The summed E-state index contributed by atoms with van der Waals surface area (Å²) in [6, 6.07) is 8.80. The molecule has 140 valence electrons. The van der Waals surface area contributed by atoms with Gasteiger partial charge in [-0.15, -0.1) is 0 Å². The molecule has 0 unspecified atom stereocenters. The van der Waals surface area contributed by atoms with Crippen LogP contribution in [-0.2, 0) is 20.7 Å². The summed E-state index contributed by atoms with van der Waals surface area (Å²) in [5.74, 6) is -0.340. The van der Waals surface area contributed by atoms with Crippen molar-refractivity contribution in [1.82, 2.24) is 10.2 Å². The third-order valence-electron chi connectivity index (χ3n) is 3.97.